The van der Waals surface area contributed by atoms with Crippen LogP contribution in [0.3, 0.4) is 0 Å². The van der Waals surface area contributed by atoms with E-state index in [4.69, 9.17) is 11.6 Å². The fourth-order valence-corrected chi connectivity index (χ4v) is 3.66. The number of thioether (sulfide) groups is 1. The van der Waals surface area contributed by atoms with Crippen LogP contribution in [-0.4, -0.2) is 31.5 Å². The SMILES string of the molecule is CCn1c(SCC(=O)Nc2ccccc2)nnc1-c1ccc(CO)cc1Cl. The second-order valence-electron chi connectivity index (χ2n) is 5.73. The number of rotatable bonds is 7. The molecule has 3 aromatic rings. The summed E-state index contributed by atoms with van der Waals surface area (Å²) < 4.78 is 1.92. The Morgan fingerprint density at radius 3 is 2.67 bits per heavy atom. The number of carbonyl (C=O) groups is 1. The number of aromatic nitrogens is 3. The van der Waals surface area contributed by atoms with Gasteiger partial charge in [-0.2, -0.15) is 0 Å². The molecule has 140 valence electrons. The highest BCUT2D eigenvalue weighted by Gasteiger charge is 2.17. The zero-order valence-electron chi connectivity index (χ0n) is 14.7. The molecule has 0 spiro atoms. The molecule has 1 heterocycles. The smallest absolute Gasteiger partial charge is 0.234 e. The van der Waals surface area contributed by atoms with Gasteiger partial charge in [-0.3, -0.25) is 4.79 Å². The molecular formula is C19H19ClN4O2S. The van der Waals surface area contributed by atoms with Gasteiger partial charge in [-0.15, -0.1) is 10.2 Å². The third kappa shape index (κ3) is 4.68. The first kappa shape index (κ1) is 19.4. The second-order valence-corrected chi connectivity index (χ2v) is 7.08. The molecule has 2 aromatic carbocycles. The molecule has 0 aliphatic heterocycles. The lowest BCUT2D eigenvalue weighted by molar-refractivity contribution is -0.113. The normalized spacial score (nSPS) is 10.8. The summed E-state index contributed by atoms with van der Waals surface area (Å²) in [6.07, 6.45) is 0. The van der Waals surface area contributed by atoms with Gasteiger partial charge in [-0.05, 0) is 36.8 Å². The molecule has 0 bridgehead atoms. The van der Waals surface area contributed by atoms with Crippen molar-refractivity contribution in [1.29, 1.82) is 0 Å². The molecule has 0 unspecified atom stereocenters. The number of para-hydroxylation sites is 1. The highest BCUT2D eigenvalue weighted by atomic mass is 35.5. The Hall–Kier alpha value is -2.35. The maximum absolute atomic E-state index is 12.2. The Morgan fingerprint density at radius 2 is 2.00 bits per heavy atom. The lowest BCUT2D eigenvalue weighted by Gasteiger charge is -2.09. The zero-order chi connectivity index (χ0) is 19.2. The monoisotopic (exact) mass is 402 g/mol. The molecule has 0 saturated heterocycles. The summed E-state index contributed by atoms with van der Waals surface area (Å²) in [5.41, 5.74) is 2.24. The van der Waals surface area contributed by atoms with Gasteiger partial charge >= 0.3 is 0 Å². The Kier molecular flexibility index (Phi) is 6.49. The van der Waals surface area contributed by atoms with Crippen molar-refractivity contribution in [1.82, 2.24) is 14.8 Å². The number of benzene rings is 2. The van der Waals surface area contributed by atoms with Crippen LogP contribution in [0, 0.1) is 0 Å². The first-order valence-corrected chi connectivity index (χ1v) is 9.79. The maximum atomic E-state index is 12.2. The molecule has 0 fully saturated rings. The summed E-state index contributed by atoms with van der Waals surface area (Å²) in [5.74, 6) is 0.756. The number of nitrogens with one attached hydrogen (secondary N) is 1. The third-order valence-corrected chi connectivity index (χ3v) is 5.16. The molecule has 1 amide bonds. The van der Waals surface area contributed by atoms with Crippen LogP contribution in [0.15, 0.2) is 53.7 Å². The molecule has 1 aromatic heterocycles. The van der Waals surface area contributed by atoms with E-state index in [-0.39, 0.29) is 18.3 Å². The highest BCUT2D eigenvalue weighted by molar-refractivity contribution is 7.99. The fourth-order valence-electron chi connectivity index (χ4n) is 2.57. The number of amides is 1. The van der Waals surface area contributed by atoms with Crippen molar-refractivity contribution in [3.05, 3.63) is 59.1 Å². The molecule has 27 heavy (non-hydrogen) atoms. The van der Waals surface area contributed by atoms with Crippen molar-refractivity contribution in [2.24, 2.45) is 0 Å². The minimum absolute atomic E-state index is 0.0713. The largest absolute Gasteiger partial charge is 0.392 e. The van der Waals surface area contributed by atoms with Crippen molar-refractivity contribution in [3.63, 3.8) is 0 Å². The van der Waals surface area contributed by atoms with Crippen LogP contribution in [-0.2, 0) is 17.9 Å². The minimum Gasteiger partial charge on any atom is -0.392 e. The van der Waals surface area contributed by atoms with E-state index in [1.54, 1.807) is 12.1 Å². The molecule has 2 N–H and O–H groups in total. The summed E-state index contributed by atoms with van der Waals surface area (Å²) >= 11 is 7.66. The van der Waals surface area contributed by atoms with Crippen LogP contribution in [0.2, 0.25) is 5.02 Å². The average Bonchev–Trinajstić information content (AvgIpc) is 3.09. The predicted octanol–water partition coefficient (Wildman–Crippen LogP) is 3.84. The Balaban J connectivity index is 1.73. The predicted molar refractivity (Wildman–Crippen MR) is 108 cm³/mol. The van der Waals surface area contributed by atoms with E-state index in [0.717, 1.165) is 16.8 Å². The molecular weight excluding hydrogens is 384 g/mol. The number of hydrogen-bond donors (Lipinski definition) is 2. The van der Waals surface area contributed by atoms with Crippen LogP contribution >= 0.6 is 23.4 Å². The van der Waals surface area contributed by atoms with Gasteiger partial charge in [0.05, 0.1) is 17.4 Å². The molecule has 8 heteroatoms. The maximum Gasteiger partial charge on any atom is 0.234 e. The lowest BCUT2D eigenvalue weighted by Crippen LogP contribution is -2.14. The number of hydrogen-bond acceptors (Lipinski definition) is 5. The van der Waals surface area contributed by atoms with Crippen molar-refractivity contribution in [3.8, 4) is 11.4 Å². The summed E-state index contributed by atoms with van der Waals surface area (Å²) in [6, 6.07) is 14.7. The van der Waals surface area contributed by atoms with E-state index in [0.29, 0.717) is 22.5 Å². The number of nitrogens with zero attached hydrogens (tertiary/aromatic N) is 3. The number of halogens is 1. The summed E-state index contributed by atoms with van der Waals surface area (Å²) in [4.78, 5) is 12.2. The van der Waals surface area contributed by atoms with Gasteiger partial charge in [-0.1, -0.05) is 47.6 Å². The molecule has 0 atom stereocenters. The van der Waals surface area contributed by atoms with Gasteiger partial charge in [0.1, 0.15) is 0 Å². The van der Waals surface area contributed by atoms with Crippen molar-refractivity contribution < 1.29 is 9.90 Å². The van der Waals surface area contributed by atoms with E-state index in [1.165, 1.54) is 11.8 Å². The van der Waals surface area contributed by atoms with E-state index in [9.17, 15) is 9.90 Å². The minimum atomic E-state index is -0.108. The zero-order valence-corrected chi connectivity index (χ0v) is 16.3. The van der Waals surface area contributed by atoms with Gasteiger partial charge in [0.2, 0.25) is 5.91 Å². The summed E-state index contributed by atoms with van der Waals surface area (Å²) in [7, 11) is 0. The van der Waals surface area contributed by atoms with Gasteiger partial charge in [0.15, 0.2) is 11.0 Å². The van der Waals surface area contributed by atoms with E-state index < -0.39 is 0 Å². The molecule has 0 aliphatic rings. The number of anilines is 1. The second kappa shape index (κ2) is 9.03. The molecule has 0 saturated carbocycles. The molecule has 6 nitrogen and oxygen atoms in total. The molecule has 0 radical (unpaired) electrons. The van der Waals surface area contributed by atoms with Gasteiger partial charge < -0.3 is 15.0 Å². The first-order valence-electron chi connectivity index (χ1n) is 8.43. The molecule has 0 aliphatic carbocycles. The summed E-state index contributed by atoms with van der Waals surface area (Å²) in [5, 5.41) is 21.7. The Bertz CT molecular complexity index is 931. The average molecular weight is 403 g/mol. The first-order chi connectivity index (χ1) is 13.1. The third-order valence-electron chi connectivity index (χ3n) is 3.88. The van der Waals surface area contributed by atoms with Crippen LogP contribution in [0.5, 0.6) is 0 Å². The van der Waals surface area contributed by atoms with Crippen LogP contribution in [0.4, 0.5) is 5.69 Å². The molecule has 3 rings (SSSR count). The van der Waals surface area contributed by atoms with Gasteiger partial charge in [-0.25, -0.2) is 0 Å². The van der Waals surface area contributed by atoms with Crippen LogP contribution in [0.25, 0.3) is 11.4 Å². The Labute approximate surface area is 166 Å². The van der Waals surface area contributed by atoms with Gasteiger partial charge in [0, 0.05) is 17.8 Å². The number of aliphatic hydroxyl groups excluding tert-OH is 1. The van der Waals surface area contributed by atoms with Crippen molar-refractivity contribution in [2.75, 3.05) is 11.1 Å². The lowest BCUT2D eigenvalue weighted by atomic mass is 10.1. The van der Waals surface area contributed by atoms with Crippen LogP contribution in [0.1, 0.15) is 12.5 Å². The quantitative estimate of drug-likeness (QED) is 0.587. The standard InChI is InChI=1S/C19H19ClN4O2S/c1-2-24-18(15-9-8-13(11-25)10-16(15)20)22-23-19(24)27-12-17(26)21-14-6-4-3-5-7-14/h3-10,25H,2,11-12H2,1H3,(H,21,26). The Morgan fingerprint density at radius 1 is 1.22 bits per heavy atom. The van der Waals surface area contributed by atoms with E-state index in [1.807, 2.05) is 47.9 Å². The van der Waals surface area contributed by atoms with Crippen LogP contribution < -0.4 is 5.32 Å². The highest BCUT2D eigenvalue weighted by Crippen LogP contribution is 2.30. The van der Waals surface area contributed by atoms with Gasteiger partial charge in [0.25, 0.3) is 0 Å². The van der Waals surface area contributed by atoms with Crippen molar-refractivity contribution >= 4 is 35.0 Å². The summed E-state index contributed by atoms with van der Waals surface area (Å²) in [6.45, 7) is 2.55. The fraction of sp³-hybridized carbons (Fsp3) is 0.211. The van der Waals surface area contributed by atoms with E-state index in [2.05, 4.69) is 15.5 Å². The van der Waals surface area contributed by atoms with E-state index >= 15 is 0 Å². The topological polar surface area (TPSA) is 80.0 Å². The van der Waals surface area contributed by atoms with Crippen molar-refractivity contribution in [2.45, 2.75) is 25.2 Å². The number of aliphatic hydroxyl groups is 1. The number of carbonyl (C=O) groups excluding carboxylic acids is 1.